The maximum Gasteiger partial charge on any atom is 0.246 e. The number of hydrogen-bond donors (Lipinski definition) is 0. The van der Waals surface area contributed by atoms with Gasteiger partial charge >= 0.3 is 0 Å². The van der Waals surface area contributed by atoms with Gasteiger partial charge in [0.15, 0.2) is 5.82 Å². The molecule has 1 fully saturated rings. The lowest BCUT2D eigenvalue weighted by Gasteiger charge is -2.34. The molecule has 0 spiro atoms. The van der Waals surface area contributed by atoms with Gasteiger partial charge in [-0.2, -0.15) is 4.31 Å². The van der Waals surface area contributed by atoms with Crippen LogP contribution in [0.3, 0.4) is 0 Å². The Hall–Kier alpha value is -2.10. The Bertz CT molecular complexity index is 1230. The largest absolute Gasteiger partial charge is 0.495 e. The Morgan fingerprint density at radius 2 is 1.56 bits per heavy atom. The van der Waals surface area contributed by atoms with Gasteiger partial charge in [0.2, 0.25) is 10.0 Å². The van der Waals surface area contributed by atoms with Crippen molar-refractivity contribution in [3.63, 3.8) is 0 Å². The van der Waals surface area contributed by atoms with Gasteiger partial charge in [-0.25, -0.2) is 8.42 Å². The first kappa shape index (κ1) is 23.1. The van der Waals surface area contributed by atoms with E-state index in [2.05, 4.69) is 10.2 Å². The molecule has 0 radical (unpaired) electrons. The summed E-state index contributed by atoms with van der Waals surface area (Å²) in [5.41, 5.74) is 1.37. The number of benzene rings is 2. The van der Waals surface area contributed by atoms with Crippen molar-refractivity contribution >= 4 is 50.6 Å². The quantitative estimate of drug-likeness (QED) is 0.495. The Kier molecular flexibility index (Phi) is 6.78. The standard InChI is InChI=1S/C21H19Cl3N4O3S/c1-31-19-6-3-15(23)13-20(19)32(29,30)28-10-8-27(9-11-28)21-7-5-18(25-26-21)16-4-2-14(22)12-17(16)24/h2-7,12-13H,8-11H2,1H3. The predicted octanol–water partition coefficient (Wildman–Crippen LogP) is 4.62. The van der Waals surface area contributed by atoms with E-state index in [0.29, 0.717) is 52.8 Å². The molecule has 7 nitrogen and oxygen atoms in total. The van der Waals surface area contributed by atoms with E-state index in [1.807, 2.05) is 17.0 Å². The van der Waals surface area contributed by atoms with E-state index < -0.39 is 10.0 Å². The average molecular weight is 514 g/mol. The van der Waals surface area contributed by atoms with Gasteiger partial charge in [-0.05, 0) is 48.5 Å². The molecule has 0 N–H and O–H groups in total. The van der Waals surface area contributed by atoms with Gasteiger partial charge in [0.25, 0.3) is 0 Å². The van der Waals surface area contributed by atoms with Crippen molar-refractivity contribution < 1.29 is 13.2 Å². The van der Waals surface area contributed by atoms with Gasteiger partial charge in [0.05, 0.1) is 17.8 Å². The molecule has 11 heteroatoms. The van der Waals surface area contributed by atoms with Crippen LogP contribution in [-0.2, 0) is 10.0 Å². The smallest absolute Gasteiger partial charge is 0.246 e. The second-order valence-electron chi connectivity index (χ2n) is 7.09. The lowest BCUT2D eigenvalue weighted by atomic mass is 10.1. The van der Waals surface area contributed by atoms with Crippen molar-refractivity contribution in [3.8, 4) is 17.0 Å². The molecular formula is C21H19Cl3N4O3S. The molecular weight excluding hydrogens is 495 g/mol. The summed E-state index contributed by atoms with van der Waals surface area (Å²) in [4.78, 5) is 2.05. The number of piperazine rings is 1. The molecule has 32 heavy (non-hydrogen) atoms. The van der Waals surface area contributed by atoms with E-state index >= 15 is 0 Å². The van der Waals surface area contributed by atoms with Gasteiger partial charge in [0, 0.05) is 41.8 Å². The van der Waals surface area contributed by atoms with Crippen molar-refractivity contribution in [1.82, 2.24) is 14.5 Å². The van der Waals surface area contributed by atoms with E-state index in [1.54, 1.807) is 30.3 Å². The molecule has 0 bridgehead atoms. The van der Waals surface area contributed by atoms with Crippen LogP contribution in [0.2, 0.25) is 15.1 Å². The highest BCUT2D eigenvalue weighted by Crippen LogP contribution is 2.31. The van der Waals surface area contributed by atoms with Gasteiger partial charge < -0.3 is 9.64 Å². The van der Waals surface area contributed by atoms with Gasteiger partial charge in [-0.1, -0.05) is 34.8 Å². The van der Waals surface area contributed by atoms with Crippen molar-refractivity contribution in [2.45, 2.75) is 4.90 Å². The topological polar surface area (TPSA) is 75.6 Å². The van der Waals surface area contributed by atoms with Crippen molar-refractivity contribution in [1.29, 1.82) is 0 Å². The number of sulfonamides is 1. The van der Waals surface area contributed by atoms with Crippen molar-refractivity contribution in [2.75, 3.05) is 38.2 Å². The Morgan fingerprint density at radius 1 is 0.875 bits per heavy atom. The molecule has 1 aromatic heterocycles. The fourth-order valence-electron chi connectivity index (χ4n) is 3.48. The highest BCUT2D eigenvalue weighted by molar-refractivity contribution is 7.89. The molecule has 0 atom stereocenters. The minimum absolute atomic E-state index is 0.0601. The minimum atomic E-state index is -3.75. The molecule has 168 valence electrons. The monoisotopic (exact) mass is 512 g/mol. The Morgan fingerprint density at radius 3 is 2.19 bits per heavy atom. The number of nitrogens with zero attached hydrogens (tertiary/aromatic N) is 4. The minimum Gasteiger partial charge on any atom is -0.495 e. The zero-order valence-corrected chi connectivity index (χ0v) is 20.1. The third-order valence-corrected chi connectivity index (χ3v) is 7.87. The van der Waals surface area contributed by atoms with Crippen LogP contribution in [0.1, 0.15) is 0 Å². The highest BCUT2D eigenvalue weighted by Gasteiger charge is 2.31. The molecule has 1 aliphatic heterocycles. The molecule has 2 heterocycles. The summed E-state index contributed by atoms with van der Waals surface area (Å²) in [5.74, 6) is 0.926. The first-order valence-electron chi connectivity index (χ1n) is 9.67. The summed E-state index contributed by atoms with van der Waals surface area (Å²) in [6.07, 6.45) is 0. The number of anilines is 1. The van der Waals surface area contributed by atoms with Crippen LogP contribution in [0, 0.1) is 0 Å². The van der Waals surface area contributed by atoms with Gasteiger partial charge in [0.1, 0.15) is 10.6 Å². The number of halogens is 3. The summed E-state index contributed by atoms with van der Waals surface area (Å²) in [7, 11) is -2.32. The third-order valence-electron chi connectivity index (χ3n) is 5.16. The second kappa shape index (κ2) is 9.41. The first-order chi connectivity index (χ1) is 15.3. The van der Waals surface area contributed by atoms with Crippen LogP contribution in [-0.4, -0.2) is 56.2 Å². The van der Waals surface area contributed by atoms with Crippen LogP contribution >= 0.6 is 34.8 Å². The van der Waals surface area contributed by atoms with Crippen molar-refractivity contribution in [3.05, 3.63) is 63.6 Å². The maximum absolute atomic E-state index is 13.1. The molecule has 0 amide bonds. The number of rotatable bonds is 5. The SMILES string of the molecule is COc1ccc(Cl)cc1S(=O)(=O)N1CCN(c2ccc(-c3ccc(Cl)cc3Cl)nn2)CC1. The van der Waals surface area contributed by atoms with E-state index in [0.717, 1.165) is 5.56 Å². The van der Waals surface area contributed by atoms with E-state index in [-0.39, 0.29) is 10.6 Å². The number of ether oxygens (including phenoxy) is 1. The molecule has 4 rings (SSSR count). The maximum atomic E-state index is 13.1. The lowest BCUT2D eigenvalue weighted by Crippen LogP contribution is -2.49. The molecule has 0 unspecified atom stereocenters. The van der Waals surface area contributed by atoms with Gasteiger partial charge in [-0.3, -0.25) is 0 Å². The molecule has 2 aromatic carbocycles. The normalized spacial score (nSPS) is 15.1. The fraction of sp³-hybridized carbons (Fsp3) is 0.238. The van der Waals surface area contributed by atoms with Crippen LogP contribution in [0.25, 0.3) is 11.3 Å². The van der Waals surface area contributed by atoms with Crippen LogP contribution in [0.5, 0.6) is 5.75 Å². The Labute approximate surface area is 201 Å². The van der Waals surface area contributed by atoms with Crippen LogP contribution < -0.4 is 9.64 Å². The predicted molar refractivity (Wildman–Crippen MR) is 126 cm³/mol. The zero-order chi connectivity index (χ0) is 22.9. The Balaban J connectivity index is 1.47. The first-order valence-corrected chi connectivity index (χ1v) is 12.2. The fourth-order valence-corrected chi connectivity index (χ4v) is 5.83. The summed E-state index contributed by atoms with van der Waals surface area (Å²) in [6.45, 7) is 1.53. The molecule has 3 aromatic rings. The second-order valence-corrected chi connectivity index (χ2v) is 10.3. The van der Waals surface area contributed by atoms with E-state index in [4.69, 9.17) is 39.5 Å². The highest BCUT2D eigenvalue weighted by atomic mass is 35.5. The van der Waals surface area contributed by atoms with Gasteiger partial charge in [-0.15, -0.1) is 10.2 Å². The summed E-state index contributed by atoms with van der Waals surface area (Å²) in [6, 6.07) is 13.4. The van der Waals surface area contributed by atoms with Crippen molar-refractivity contribution in [2.24, 2.45) is 0 Å². The molecule has 0 saturated carbocycles. The van der Waals surface area contributed by atoms with Crippen LogP contribution in [0.15, 0.2) is 53.4 Å². The number of aromatic nitrogens is 2. The average Bonchev–Trinajstić information content (AvgIpc) is 2.79. The summed E-state index contributed by atoms with van der Waals surface area (Å²) >= 11 is 18.2. The van der Waals surface area contributed by atoms with E-state index in [1.165, 1.54) is 17.5 Å². The lowest BCUT2D eigenvalue weighted by molar-refractivity contribution is 0.373. The third kappa shape index (κ3) is 4.65. The molecule has 1 aliphatic rings. The summed E-state index contributed by atoms with van der Waals surface area (Å²) < 4.78 is 32.9. The number of hydrogen-bond acceptors (Lipinski definition) is 6. The zero-order valence-electron chi connectivity index (χ0n) is 17.0. The molecule has 0 aliphatic carbocycles. The summed E-state index contributed by atoms with van der Waals surface area (Å²) in [5, 5.41) is 9.96. The molecule has 1 saturated heterocycles. The van der Waals surface area contributed by atoms with E-state index in [9.17, 15) is 8.42 Å². The number of methoxy groups -OCH3 is 1. The van der Waals surface area contributed by atoms with Crippen LogP contribution in [0.4, 0.5) is 5.82 Å².